The minimum Gasteiger partial charge on any atom is -0.468 e. The van der Waals surface area contributed by atoms with Crippen molar-refractivity contribution in [2.45, 2.75) is 37.1 Å². The summed E-state index contributed by atoms with van der Waals surface area (Å²) in [6.07, 6.45) is 6.45. The SMILES string of the molecule is CN=C(NCC(c1ccco1)N1CCCC1)NCC1(c2ccc(F)cc2)CC1. The van der Waals surface area contributed by atoms with Crippen LogP contribution in [0, 0.1) is 5.82 Å². The van der Waals surface area contributed by atoms with Crippen LogP contribution >= 0.6 is 0 Å². The summed E-state index contributed by atoms with van der Waals surface area (Å²) in [5, 5.41) is 6.95. The Hall–Kier alpha value is -2.34. The lowest BCUT2D eigenvalue weighted by molar-refractivity contribution is 0.215. The van der Waals surface area contributed by atoms with Crippen LogP contribution in [-0.2, 0) is 5.41 Å². The van der Waals surface area contributed by atoms with Gasteiger partial charge in [0.05, 0.1) is 12.3 Å². The van der Waals surface area contributed by atoms with E-state index in [2.05, 4.69) is 26.6 Å². The minimum absolute atomic E-state index is 0.0979. The highest BCUT2D eigenvalue weighted by atomic mass is 19.1. The molecule has 28 heavy (non-hydrogen) atoms. The molecule has 1 atom stereocenters. The van der Waals surface area contributed by atoms with Gasteiger partial charge in [-0.25, -0.2) is 4.39 Å². The lowest BCUT2D eigenvalue weighted by atomic mass is 9.96. The number of nitrogens with zero attached hydrogens (tertiary/aromatic N) is 2. The summed E-state index contributed by atoms with van der Waals surface area (Å²) in [4.78, 5) is 6.86. The molecule has 2 N–H and O–H groups in total. The van der Waals surface area contributed by atoms with Gasteiger partial charge >= 0.3 is 0 Å². The summed E-state index contributed by atoms with van der Waals surface area (Å²) < 4.78 is 18.9. The number of hydrogen-bond donors (Lipinski definition) is 2. The van der Waals surface area contributed by atoms with Gasteiger partial charge in [-0.05, 0) is 68.6 Å². The molecule has 2 aliphatic rings. The Morgan fingerprint density at radius 1 is 1.18 bits per heavy atom. The standard InChI is InChI=1S/C22H29FN4O/c1-24-21(26-16-22(10-11-22)17-6-8-18(23)9-7-17)25-15-19(20-5-4-14-28-20)27-12-2-3-13-27/h4-9,14,19H,2-3,10-13,15-16H2,1H3,(H2,24,25,26). The number of furan rings is 1. The van der Waals surface area contributed by atoms with Crippen LogP contribution in [0.3, 0.4) is 0 Å². The molecule has 1 saturated heterocycles. The van der Waals surface area contributed by atoms with Crippen molar-refractivity contribution in [3.05, 3.63) is 59.8 Å². The maximum atomic E-state index is 13.2. The molecule has 0 bridgehead atoms. The highest BCUT2D eigenvalue weighted by Gasteiger charge is 2.44. The molecular weight excluding hydrogens is 355 g/mol. The van der Waals surface area contributed by atoms with Crippen LogP contribution in [0.5, 0.6) is 0 Å². The largest absolute Gasteiger partial charge is 0.468 e. The number of nitrogens with one attached hydrogen (secondary N) is 2. The Labute approximate surface area is 166 Å². The third-order valence-electron chi connectivity index (χ3n) is 6.04. The molecule has 0 spiro atoms. The minimum atomic E-state index is -0.184. The first kappa shape index (κ1) is 19.0. The summed E-state index contributed by atoms with van der Waals surface area (Å²) in [6.45, 7) is 3.75. The zero-order chi connectivity index (χ0) is 19.4. The van der Waals surface area contributed by atoms with E-state index in [1.54, 1.807) is 25.4 Å². The summed E-state index contributed by atoms with van der Waals surface area (Å²) in [7, 11) is 1.80. The van der Waals surface area contributed by atoms with E-state index in [0.717, 1.165) is 50.7 Å². The van der Waals surface area contributed by atoms with Gasteiger partial charge < -0.3 is 15.1 Å². The Bertz CT molecular complexity index is 777. The average molecular weight is 384 g/mol. The Morgan fingerprint density at radius 3 is 2.54 bits per heavy atom. The van der Waals surface area contributed by atoms with Gasteiger partial charge in [0.2, 0.25) is 0 Å². The van der Waals surface area contributed by atoms with Crippen molar-refractivity contribution in [1.82, 2.24) is 15.5 Å². The van der Waals surface area contributed by atoms with Gasteiger partial charge in [0.15, 0.2) is 5.96 Å². The number of rotatable bonds is 7. The topological polar surface area (TPSA) is 52.8 Å². The number of benzene rings is 1. The van der Waals surface area contributed by atoms with Crippen molar-refractivity contribution in [2.75, 3.05) is 33.2 Å². The third kappa shape index (κ3) is 4.22. The normalized spacial score (nSPS) is 20.1. The molecule has 4 rings (SSSR count). The van der Waals surface area contributed by atoms with Crippen LogP contribution in [0.25, 0.3) is 0 Å². The second-order valence-corrected chi connectivity index (χ2v) is 7.87. The molecule has 2 heterocycles. The average Bonchev–Trinajstić information content (AvgIpc) is 3.12. The molecule has 1 aromatic carbocycles. The number of aliphatic imine (C=N–C) groups is 1. The maximum absolute atomic E-state index is 13.2. The van der Waals surface area contributed by atoms with Crippen LogP contribution in [0.2, 0.25) is 0 Å². The molecule has 2 aromatic rings. The molecule has 1 aliphatic heterocycles. The maximum Gasteiger partial charge on any atom is 0.191 e. The zero-order valence-corrected chi connectivity index (χ0v) is 16.5. The molecule has 1 aromatic heterocycles. The number of likely N-dealkylation sites (tertiary alicyclic amines) is 1. The van der Waals surface area contributed by atoms with E-state index in [1.165, 1.54) is 18.4 Å². The lowest BCUT2D eigenvalue weighted by Crippen LogP contribution is -2.44. The molecule has 1 saturated carbocycles. The van der Waals surface area contributed by atoms with Crippen LogP contribution in [0.4, 0.5) is 4.39 Å². The van der Waals surface area contributed by atoms with Crippen molar-refractivity contribution in [3.63, 3.8) is 0 Å². The first-order valence-corrected chi connectivity index (χ1v) is 10.2. The lowest BCUT2D eigenvalue weighted by Gasteiger charge is -2.27. The van der Waals surface area contributed by atoms with E-state index < -0.39 is 0 Å². The van der Waals surface area contributed by atoms with Crippen molar-refractivity contribution >= 4 is 5.96 Å². The van der Waals surface area contributed by atoms with Crippen LogP contribution < -0.4 is 10.6 Å². The molecule has 1 aliphatic carbocycles. The number of halogens is 1. The van der Waals surface area contributed by atoms with E-state index in [1.807, 2.05) is 18.2 Å². The second kappa shape index (κ2) is 8.35. The number of guanidine groups is 1. The van der Waals surface area contributed by atoms with Crippen molar-refractivity contribution < 1.29 is 8.81 Å². The van der Waals surface area contributed by atoms with E-state index in [9.17, 15) is 4.39 Å². The molecule has 1 unspecified atom stereocenters. The van der Waals surface area contributed by atoms with E-state index in [4.69, 9.17) is 4.42 Å². The van der Waals surface area contributed by atoms with Crippen LogP contribution in [0.1, 0.15) is 43.0 Å². The smallest absolute Gasteiger partial charge is 0.191 e. The molecule has 150 valence electrons. The quantitative estimate of drug-likeness (QED) is 0.567. The van der Waals surface area contributed by atoms with E-state index >= 15 is 0 Å². The van der Waals surface area contributed by atoms with Gasteiger partial charge in [-0.2, -0.15) is 0 Å². The fraction of sp³-hybridized carbons (Fsp3) is 0.500. The predicted octanol–water partition coefficient (Wildman–Crippen LogP) is 3.45. The predicted molar refractivity (Wildman–Crippen MR) is 109 cm³/mol. The van der Waals surface area contributed by atoms with Crippen LogP contribution in [0.15, 0.2) is 52.1 Å². The van der Waals surface area contributed by atoms with Gasteiger partial charge in [0.1, 0.15) is 11.6 Å². The van der Waals surface area contributed by atoms with Gasteiger partial charge in [-0.3, -0.25) is 9.89 Å². The van der Waals surface area contributed by atoms with Crippen LogP contribution in [-0.4, -0.2) is 44.1 Å². The fourth-order valence-electron chi connectivity index (χ4n) is 4.13. The molecule has 5 nitrogen and oxygen atoms in total. The van der Waals surface area contributed by atoms with Gasteiger partial charge in [0.25, 0.3) is 0 Å². The molecule has 0 radical (unpaired) electrons. The highest BCUT2D eigenvalue weighted by molar-refractivity contribution is 5.79. The summed E-state index contributed by atoms with van der Waals surface area (Å²) >= 11 is 0. The van der Waals surface area contributed by atoms with Gasteiger partial charge in [-0.1, -0.05) is 12.1 Å². The van der Waals surface area contributed by atoms with Gasteiger partial charge in [-0.15, -0.1) is 0 Å². The second-order valence-electron chi connectivity index (χ2n) is 7.87. The molecule has 2 fully saturated rings. The Morgan fingerprint density at radius 2 is 1.93 bits per heavy atom. The third-order valence-corrected chi connectivity index (χ3v) is 6.04. The Balaban J connectivity index is 1.35. The summed E-state index contributed by atoms with van der Waals surface area (Å²) in [6, 6.07) is 11.1. The van der Waals surface area contributed by atoms with E-state index in [0.29, 0.717) is 0 Å². The van der Waals surface area contributed by atoms with Crippen molar-refractivity contribution in [1.29, 1.82) is 0 Å². The Kier molecular flexibility index (Phi) is 5.67. The number of hydrogen-bond acceptors (Lipinski definition) is 3. The molecular formula is C22H29FN4O. The molecule has 6 heteroatoms. The van der Waals surface area contributed by atoms with Crippen molar-refractivity contribution in [3.8, 4) is 0 Å². The zero-order valence-electron chi connectivity index (χ0n) is 16.5. The van der Waals surface area contributed by atoms with Gasteiger partial charge in [0, 0.05) is 25.6 Å². The summed E-state index contributed by atoms with van der Waals surface area (Å²) in [5.74, 6) is 1.61. The monoisotopic (exact) mass is 384 g/mol. The van der Waals surface area contributed by atoms with E-state index in [-0.39, 0.29) is 17.3 Å². The summed E-state index contributed by atoms with van der Waals surface area (Å²) in [5.41, 5.74) is 1.29. The first-order chi connectivity index (χ1) is 13.7. The van der Waals surface area contributed by atoms with Crippen molar-refractivity contribution in [2.24, 2.45) is 4.99 Å². The molecule has 0 amide bonds. The first-order valence-electron chi connectivity index (χ1n) is 10.2. The fourth-order valence-corrected chi connectivity index (χ4v) is 4.13. The highest BCUT2D eigenvalue weighted by Crippen LogP contribution is 2.47.